The molecule has 0 saturated heterocycles. The Kier molecular flexibility index (Phi) is 5.23. The fraction of sp³-hybridized carbons (Fsp3) is 0.571. The molecular formula is C7H11NO6. The molecule has 80 valence electrons. The van der Waals surface area contributed by atoms with Crippen LogP contribution in [0.2, 0.25) is 0 Å². The first-order valence-electron chi connectivity index (χ1n) is 3.83. The predicted molar refractivity (Wildman–Crippen MR) is 43.7 cm³/mol. The first-order chi connectivity index (χ1) is 6.49. The van der Waals surface area contributed by atoms with Gasteiger partial charge in [0.05, 0.1) is 13.2 Å². The van der Waals surface area contributed by atoms with Gasteiger partial charge in [0.1, 0.15) is 0 Å². The number of carbonyl (C=O) groups excluding carboxylic acids is 1. The number of ether oxygens (including phenoxy) is 1. The van der Waals surface area contributed by atoms with Gasteiger partial charge < -0.3 is 14.9 Å². The molecule has 7 heteroatoms. The lowest BCUT2D eigenvalue weighted by Gasteiger charge is -2.08. The van der Waals surface area contributed by atoms with Crippen LogP contribution in [0.15, 0.2) is 0 Å². The summed E-state index contributed by atoms with van der Waals surface area (Å²) in [4.78, 5) is 31.4. The summed E-state index contributed by atoms with van der Waals surface area (Å²) in [7, 11) is 0. The van der Waals surface area contributed by atoms with Crippen molar-refractivity contribution < 1.29 is 29.3 Å². The van der Waals surface area contributed by atoms with Crippen molar-refractivity contribution in [2.24, 2.45) is 0 Å². The highest BCUT2D eigenvalue weighted by Crippen LogP contribution is 1.85. The Balaban J connectivity index is 4.01. The van der Waals surface area contributed by atoms with Crippen LogP contribution >= 0.6 is 0 Å². The standard InChI is InChI=1S/C7H11NO6/c1-2-14-4(9)3-8-5(6(10)11)7(12)13/h5,8H,2-3H2,1H3,(H,10,11)(H,12,13). The SMILES string of the molecule is CCOC(=O)CNC(C(=O)O)C(=O)O. The van der Waals surface area contributed by atoms with Crippen LogP contribution in [0.25, 0.3) is 0 Å². The molecule has 0 saturated carbocycles. The Bertz CT molecular complexity index is 224. The molecule has 0 aromatic carbocycles. The van der Waals surface area contributed by atoms with Gasteiger partial charge in [-0.05, 0) is 6.92 Å². The van der Waals surface area contributed by atoms with E-state index in [2.05, 4.69) is 4.74 Å². The number of esters is 1. The van der Waals surface area contributed by atoms with Crippen LogP contribution in [0, 0.1) is 0 Å². The number of hydrogen-bond acceptors (Lipinski definition) is 5. The van der Waals surface area contributed by atoms with E-state index in [0.717, 1.165) is 0 Å². The third-order valence-corrected chi connectivity index (χ3v) is 1.25. The van der Waals surface area contributed by atoms with E-state index in [1.165, 1.54) is 0 Å². The quantitative estimate of drug-likeness (QED) is 0.364. The highest BCUT2D eigenvalue weighted by atomic mass is 16.5. The van der Waals surface area contributed by atoms with Crippen molar-refractivity contribution in [1.82, 2.24) is 5.32 Å². The van der Waals surface area contributed by atoms with E-state index >= 15 is 0 Å². The lowest BCUT2D eigenvalue weighted by Crippen LogP contribution is -2.45. The van der Waals surface area contributed by atoms with Crippen LogP contribution in [0.3, 0.4) is 0 Å². The van der Waals surface area contributed by atoms with Gasteiger partial charge in [-0.2, -0.15) is 0 Å². The molecule has 3 N–H and O–H groups in total. The van der Waals surface area contributed by atoms with Crippen molar-refractivity contribution in [3.8, 4) is 0 Å². The second-order valence-corrected chi connectivity index (χ2v) is 2.30. The average Bonchev–Trinajstić information content (AvgIpc) is 2.03. The summed E-state index contributed by atoms with van der Waals surface area (Å²) in [6.07, 6.45) is 0. The summed E-state index contributed by atoms with van der Waals surface area (Å²) in [6.45, 7) is 1.30. The van der Waals surface area contributed by atoms with Crippen molar-refractivity contribution in [1.29, 1.82) is 0 Å². The average molecular weight is 205 g/mol. The molecule has 0 atom stereocenters. The monoisotopic (exact) mass is 205 g/mol. The van der Waals surface area contributed by atoms with Crippen molar-refractivity contribution in [3.05, 3.63) is 0 Å². The maximum Gasteiger partial charge on any atom is 0.332 e. The lowest BCUT2D eigenvalue weighted by atomic mass is 10.3. The molecular weight excluding hydrogens is 194 g/mol. The summed E-state index contributed by atoms with van der Waals surface area (Å²) in [5, 5.41) is 18.8. The second kappa shape index (κ2) is 5.92. The largest absolute Gasteiger partial charge is 0.480 e. The van der Waals surface area contributed by atoms with Crippen LogP contribution in [0.5, 0.6) is 0 Å². The number of carboxylic acid groups (broad SMARTS) is 2. The predicted octanol–water partition coefficient (Wildman–Crippen LogP) is -1.32. The van der Waals surface area contributed by atoms with E-state index in [1.807, 2.05) is 5.32 Å². The van der Waals surface area contributed by atoms with E-state index in [9.17, 15) is 14.4 Å². The normalized spacial score (nSPS) is 9.86. The number of rotatable bonds is 6. The summed E-state index contributed by atoms with van der Waals surface area (Å²) >= 11 is 0. The Morgan fingerprint density at radius 1 is 1.29 bits per heavy atom. The van der Waals surface area contributed by atoms with E-state index < -0.39 is 30.5 Å². The van der Waals surface area contributed by atoms with Gasteiger partial charge in [0.15, 0.2) is 0 Å². The molecule has 0 aliphatic heterocycles. The molecule has 0 aromatic rings. The maximum atomic E-state index is 10.7. The van der Waals surface area contributed by atoms with E-state index in [-0.39, 0.29) is 6.61 Å². The molecule has 14 heavy (non-hydrogen) atoms. The first-order valence-corrected chi connectivity index (χ1v) is 3.83. The van der Waals surface area contributed by atoms with Crippen molar-refractivity contribution in [3.63, 3.8) is 0 Å². The fourth-order valence-electron chi connectivity index (χ4n) is 0.678. The zero-order valence-electron chi connectivity index (χ0n) is 7.52. The minimum atomic E-state index is -1.79. The molecule has 0 fully saturated rings. The molecule has 0 aliphatic rings. The molecule has 7 nitrogen and oxygen atoms in total. The van der Waals surface area contributed by atoms with Crippen LogP contribution in [-0.4, -0.2) is 47.3 Å². The highest BCUT2D eigenvalue weighted by molar-refractivity contribution is 5.97. The van der Waals surface area contributed by atoms with Crippen LogP contribution in [-0.2, 0) is 19.1 Å². The molecule has 0 rings (SSSR count). The molecule has 0 heterocycles. The molecule has 0 radical (unpaired) electrons. The minimum Gasteiger partial charge on any atom is -0.480 e. The zero-order valence-corrected chi connectivity index (χ0v) is 7.52. The Labute approximate surface area is 79.7 Å². The van der Waals surface area contributed by atoms with Crippen molar-refractivity contribution in [2.75, 3.05) is 13.2 Å². The first kappa shape index (κ1) is 12.4. The number of aliphatic carboxylic acids is 2. The van der Waals surface area contributed by atoms with Gasteiger partial charge in [-0.3, -0.25) is 10.1 Å². The number of carboxylic acids is 2. The highest BCUT2D eigenvalue weighted by Gasteiger charge is 2.25. The van der Waals surface area contributed by atoms with Gasteiger partial charge in [-0.25, -0.2) is 9.59 Å². The zero-order chi connectivity index (χ0) is 11.1. The smallest absolute Gasteiger partial charge is 0.332 e. The van der Waals surface area contributed by atoms with E-state index in [0.29, 0.717) is 0 Å². The molecule has 0 aromatic heterocycles. The second-order valence-electron chi connectivity index (χ2n) is 2.30. The van der Waals surface area contributed by atoms with Gasteiger partial charge in [0.25, 0.3) is 0 Å². The van der Waals surface area contributed by atoms with Gasteiger partial charge >= 0.3 is 17.9 Å². The Morgan fingerprint density at radius 2 is 1.79 bits per heavy atom. The lowest BCUT2D eigenvalue weighted by molar-refractivity contribution is -0.151. The maximum absolute atomic E-state index is 10.7. The Morgan fingerprint density at radius 3 is 2.14 bits per heavy atom. The minimum absolute atomic E-state index is 0.158. The Hall–Kier alpha value is -1.63. The van der Waals surface area contributed by atoms with E-state index in [1.54, 1.807) is 6.92 Å². The fourth-order valence-corrected chi connectivity index (χ4v) is 0.678. The number of carbonyl (C=O) groups is 3. The molecule has 0 amide bonds. The van der Waals surface area contributed by atoms with Gasteiger partial charge in [0, 0.05) is 0 Å². The van der Waals surface area contributed by atoms with Crippen molar-refractivity contribution >= 4 is 17.9 Å². The summed E-state index contributed by atoms with van der Waals surface area (Å²) in [5.74, 6) is -3.80. The topological polar surface area (TPSA) is 113 Å². The van der Waals surface area contributed by atoms with E-state index in [4.69, 9.17) is 10.2 Å². The number of nitrogens with one attached hydrogen (secondary N) is 1. The van der Waals surface area contributed by atoms with Gasteiger partial charge in [-0.15, -0.1) is 0 Å². The summed E-state index contributed by atoms with van der Waals surface area (Å²) in [5.41, 5.74) is 0. The molecule has 0 aliphatic carbocycles. The van der Waals surface area contributed by atoms with Crippen molar-refractivity contribution in [2.45, 2.75) is 13.0 Å². The molecule has 0 spiro atoms. The van der Waals surface area contributed by atoms with Crippen LogP contribution in [0.1, 0.15) is 6.92 Å². The van der Waals surface area contributed by atoms with Crippen LogP contribution in [0.4, 0.5) is 0 Å². The molecule has 0 unspecified atom stereocenters. The molecule has 0 bridgehead atoms. The summed E-state index contributed by atoms with van der Waals surface area (Å²) < 4.78 is 4.46. The van der Waals surface area contributed by atoms with Crippen LogP contribution < -0.4 is 5.32 Å². The summed E-state index contributed by atoms with van der Waals surface area (Å²) in [6, 6.07) is -1.79. The third-order valence-electron chi connectivity index (χ3n) is 1.25. The van der Waals surface area contributed by atoms with Gasteiger partial charge in [0.2, 0.25) is 6.04 Å². The number of hydrogen-bond donors (Lipinski definition) is 3. The van der Waals surface area contributed by atoms with Gasteiger partial charge in [-0.1, -0.05) is 0 Å². The third kappa shape index (κ3) is 4.41.